The first kappa shape index (κ1) is 117. The van der Waals surface area contributed by atoms with E-state index < -0.39 is 48.3 Å². The monoisotopic (exact) mass is 2070 g/mol. The van der Waals surface area contributed by atoms with Crippen molar-refractivity contribution in [2.24, 2.45) is 0 Å². The van der Waals surface area contributed by atoms with Crippen LogP contribution in [-0.2, 0) is 90.0 Å². The molecule has 14 nitrogen and oxygen atoms in total. The summed E-state index contributed by atoms with van der Waals surface area (Å²) in [6, 6.07) is 85.2. The van der Waals surface area contributed by atoms with E-state index in [1.807, 2.05) is 199 Å². The summed E-state index contributed by atoms with van der Waals surface area (Å²) in [5.74, 6) is 7.55. The summed E-state index contributed by atoms with van der Waals surface area (Å²) in [6.07, 6.45) is 3.55. The Bertz CT molecular complexity index is 4400. The number of methoxy groups -OCH3 is 2. The molecule has 0 aliphatic carbocycles. The molecule has 10 aromatic rings. The first-order valence-corrected chi connectivity index (χ1v) is 57.4. The van der Waals surface area contributed by atoms with Gasteiger partial charge in [0.05, 0.1) is 55.5 Å². The molecule has 4 atom stereocenters. The third kappa shape index (κ3) is 46.2. The van der Waals surface area contributed by atoms with Crippen LogP contribution >= 0.6 is 48.5 Å². The number of hydrogen-bond acceptors (Lipinski definition) is 12. The van der Waals surface area contributed by atoms with Crippen molar-refractivity contribution in [1.29, 1.82) is 0 Å². The minimum atomic E-state index is -3.97. The van der Waals surface area contributed by atoms with Crippen molar-refractivity contribution in [1.82, 2.24) is 15.4 Å². The number of rotatable bonds is 28. The summed E-state index contributed by atoms with van der Waals surface area (Å²) in [7, 11) is 16.4. The first-order chi connectivity index (χ1) is 54.8. The Labute approximate surface area is 769 Å². The van der Waals surface area contributed by atoms with Crippen LogP contribution in [0.3, 0.4) is 0 Å². The van der Waals surface area contributed by atoms with E-state index in [1.54, 1.807) is 101 Å². The summed E-state index contributed by atoms with van der Waals surface area (Å²) >= 11 is 1.13. The van der Waals surface area contributed by atoms with Gasteiger partial charge in [0.25, 0.3) is 0 Å². The Hall–Kier alpha value is -6.65. The second kappa shape index (κ2) is 65.9. The van der Waals surface area contributed by atoms with Crippen LogP contribution in [0.1, 0.15) is 138 Å². The number of hydrogen-bond donors (Lipinski definition) is 3. The SMILES string of the molecule is C.C.C.CCOC(=O)c1ccccc1.CCOC(=O)c1ccccc1.COc1ccc(CCCNC(c2ccccc2)C(NS(=O)(=O)c2ccc(C#C[Si](C)(C)C)cc2)c2ccccc2)cc1.COc1ccc(CCCNC(c2ccccc2)C([N-]S(=O)(=O)c2ccc(C#C[Si](C)(C)C)cc2)c2ccccc2)cc1.[CH3-].[CH3-].[CH3-].[Cl][Ru+3].[Cl][Ru][Cl].[Cl][Ru][Cl]. The summed E-state index contributed by atoms with van der Waals surface area (Å²) < 4.78 is 82.7. The van der Waals surface area contributed by atoms with Gasteiger partial charge in [0, 0.05) is 22.1 Å². The molecule has 10 aromatic carbocycles. The molecule has 0 fully saturated rings. The average Bonchev–Trinajstić information content (AvgIpc) is 0.800. The first-order valence-electron chi connectivity index (χ1n) is 36.3. The standard InChI is InChI=1S/C35H40N2O3SSi.C35H39N2O3SSi.2C9H10O2.3CH4.3CH3.5ClH.3Ru/c2*1-40-32-21-17-28(18-22-32)12-11-26-36-34(30-13-7-5-8-14-30)35(31-15-9-6-10-16-31)37-41(38,39)33-23-19-29(20-24-33)25-27-42(2,3)4;2*1-2-11-9(10)8-6-4-3-5-7-8;;;;;;;;;;;;;;/h5-10,13-24,34-37H,11-12,26H2,1-4H3;5-10,13-24,34-36H,11-12,26H2,1-4H3;2*3-7H,2H2,1H3;3*1H4;3*1H3;5*1H;;;/q;-1;;;;;;3*-1;;;;;;2*+2;+4/p-5. The van der Waals surface area contributed by atoms with Crippen molar-refractivity contribution in [3.8, 4) is 34.4 Å². The van der Waals surface area contributed by atoms with E-state index in [0.29, 0.717) is 37.4 Å². The van der Waals surface area contributed by atoms with Crippen molar-refractivity contribution in [2.75, 3.05) is 40.5 Å². The fourth-order valence-corrected chi connectivity index (χ4v) is 14.2. The van der Waals surface area contributed by atoms with Crippen LogP contribution in [0.4, 0.5) is 0 Å². The number of nitrogens with one attached hydrogen (secondary N) is 3. The Balaban J connectivity index is -0.00000164. The topological polar surface area (TPSA) is 190 Å². The van der Waals surface area contributed by atoms with Gasteiger partial charge in [-0.05, 0) is 177 Å². The Morgan fingerprint density at radius 1 is 0.425 bits per heavy atom. The zero-order valence-electron chi connectivity index (χ0n) is 68.3. The van der Waals surface area contributed by atoms with Crippen molar-refractivity contribution in [2.45, 2.75) is 135 Å². The third-order valence-corrected chi connectivity index (χ3v) is 20.8. The number of esters is 2. The molecule has 0 saturated heterocycles. The molecule has 0 saturated carbocycles. The van der Waals surface area contributed by atoms with Crippen molar-refractivity contribution < 1.29 is 93.0 Å². The number of carbonyl (C=O) groups is 2. The van der Waals surface area contributed by atoms with E-state index in [4.69, 9.17) is 57.7 Å². The number of ether oxygens (including phenoxy) is 4. The van der Waals surface area contributed by atoms with E-state index in [9.17, 15) is 26.4 Å². The molecule has 3 N–H and O–H groups in total. The van der Waals surface area contributed by atoms with Gasteiger partial charge >= 0.3 is 108 Å². The number of nitrogens with zero attached hydrogens (tertiary/aromatic N) is 1. The van der Waals surface area contributed by atoms with Gasteiger partial charge in [-0.15, -0.1) is 11.1 Å². The van der Waals surface area contributed by atoms with Crippen LogP contribution in [0, 0.1) is 45.2 Å². The van der Waals surface area contributed by atoms with Gasteiger partial charge in [0.15, 0.2) is 0 Å². The molecule has 656 valence electrons. The molecule has 0 aliphatic rings. The van der Waals surface area contributed by atoms with E-state index in [0.717, 1.165) is 70.6 Å². The zero-order valence-corrected chi connectivity index (χ0v) is 80.9. The molecule has 10 rings (SSSR count). The van der Waals surface area contributed by atoms with E-state index in [2.05, 4.69) is 116 Å². The van der Waals surface area contributed by atoms with Crippen LogP contribution in [0.5, 0.6) is 11.5 Å². The molecule has 4 unspecified atom stereocenters. The normalized spacial score (nSPS) is 11.2. The van der Waals surface area contributed by atoms with Crippen LogP contribution in [0.15, 0.2) is 289 Å². The molecular weight excluding hydrogens is 1950 g/mol. The van der Waals surface area contributed by atoms with Crippen molar-refractivity contribution in [3.05, 3.63) is 362 Å². The van der Waals surface area contributed by atoms with E-state index in [-0.39, 0.29) is 109 Å². The summed E-state index contributed by atoms with van der Waals surface area (Å²) in [5.41, 5.74) is 15.6. The molecule has 0 bridgehead atoms. The number of aryl methyl sites for hydroxylation is 2. The number of benzene rings is 10. The molecule has 0 heterocycles. The molecule has 0 amide bonds. The summed E-state index contributed by atoms with van der Waals surface area (Å²) in [4.78, 5) is 22.4. The van der Waals surface area contributed by atoms with Gasteiger partial charge in [0.1, 0.15) is 37.7 Å². The number of carbonyl (C=O) groups excluding carboxylic acids is 2. The van der Waals surface area contributed by atoms with Gasteiger partial charge in [-0.25, -0.2) is 31.1 Å². The Kier molecular flexibility index (Phi) is 64.6. The maximum absolute atomic E-state index is 13.8. The van der Waals surface area contributed by atoms with Gasteiger partial charge in [-0.1, -0.05) is 267 Å². The van der Waals surface area contributed by atoms with Crippen LogP contribution in [-0.4, -0.2) is 85.4 Å². The molecule has 0 aliphatic heterocycles. The van der Waals surface area contributed by atoms with Crippen molar-refractivity contribution >= 4 is 96.6 Å². The van der Waals surface area contributed by atoms with E-state index in [1.165, 1.54) is 11.1 Å². The zero-order chi connectivity index (χ0) is 83.6. The average molecular weight is 2070 g/mol. The second-order valence-electron chi connectivity index (χ2n) is 26.9. The fourth-order valence-electron chi connectivity index (χ4n) is 10.8. The maximum atomic E-state index is 13.8. The Morgan fingerprint density at radius 2 is 0.717 bits per heavy atom. The van der Waals surface area contributed by atoms with Crippen molar-refractivity contribution in [3.63, 3.8) is 0 Å². The summed E-state index contributed by atoms with van der Waals surface area (Å²) in [6.45, 7) is 18.9. The molecule has 120 heavy (non-hydrogen) atoms. The third-order valence-electron chi connectivity index (χ3n) is 16.2. The van der Waals surface area contributed by atoms with Crippen LogP contribution in [0.25, 0.3) is 4.72 Å². The number of halogens is 5. The quantitative estimate of drug-likeness (QED) is 0.0139. The molecular formula is C94H120Cl5N4O10Ru3S2Si2-. The number of sulfonamides is 2. The molecule has 0 aromatic heterocycles. The van der Waals surface area contributed by atoms with Gasteiger partial charge in [0.2, 0.25) is 10.0 Å². The molecule has 26 heteroatoms. The predicted molar refractivity (Wildman–Crippen MR) is 503 cm³/mol. The minimum absolute atomic E-state index is 0. The van der Waals surface area contributed by atoms with Crippen LogP contribution < -0.4 is 24.8 Å². The van der Waals surface area contributed by atoms with Gasteiger partial charge in [-0.3, -0.25) is 0 Å². The fraction of sp³-hybridized carbons (Fsp3) is 0.266. The summed E-state index contributed by atoms with van der Waals surface area (Å²) in [5, 5.41) is 7.32. The Morgan fingerprint density at radius 3 is 1.03 bits per heavy atom. The van der Waals surface area contributed by atoms with E-state index >= 15 is 0 Å². The van der Waals surface area contributed by atoms with Gasteiger partial charge < -0.3 is 56.6 Å². The second-order valence-corrected chi connectivity index (χ2v) is 45.0. The molecule has 0 radical (unpaired) electrons. The predicted octanol–water partition coefficient (Wildman–Crippen LogP) is 25.0. The van der Waals surface area contributed by atoms with Gasteiger partial charge in [-0.2, -0.15) is 0 Å². The molecule has 0 spiro atoms. The van der Waals surface area contributed by atoms with Crippen LogP contribution in [0.2, 0.25) is 39.3 Å².